The van der Waals surface area contributed by atoms with Gasteiger partial charge in [0.2, 0.25) is 15.8 Å². The van der Waals surface area contributed by atoms with E-state index in [4.69, 9.17) is 14.2 Å². The topological polar surface area (TPSA) is 99.2 Å². The Morgan fingerprint density at radius 3 is 2.50 bits per heavy atom. The van der Waals surface area contributed by atoms with Crippen LogP contribution in [0, 0.1) is 0 Å². The highest BCUT2D eigenvalue weighted by molar-refractivity contribution is 9.10. The van der Waals surface area contributed by atoms with E-state index in [9.17, 15) is 18.0 Å². The molecule has 2 aromatic carbocycles. The molecule has 0 aromatic heterocycles. The van der Waals surface area contributed by atoms with Gasteiger partial charge in [-0.05, 0) is 24.3 Å². The zero-order chi connectivity index (χ0) is 21.7. The van der Waals surface area contributed by atoms with Crippen molar-refractivity contribution in [3.8, 4) is 5.75 Å². The molecular weight excluding hydrogens is 478 g/mol. The van der Waals surface area contributed by atoms with Crippen LogP contribution in [0.5, 0.6) is 5.75 Å². The summed E-state index contributed by atoms with van der Waals surface area (Å²) in [4.78, 5) is 24.6. The Morgan fingerprint density at radius 1 is 1.13 bits per heavy atom. The van der Waals surface area contributed by atoms with Crippen LogP contribution < -0.4 is 4.74 Å². The largest absolute Gasteiger partial charge is 0.495 e. The molecule has 0 unspecified atom stereocenters. The van der Waals surface area contributed by atoms with Crippen molar-refractivity contribution in [2.24, 2.45) is 0 Å². The van der Waals surface area contributed by atoms with E-state index < -0.39 is 22.6 Å². The lowest BCUT2D eigenvalue weighted by Gasteiger charge is -2.26. The summed E-state index contributed by atoms with van der Waals surface area (Å²) in [7, 11) is -2.54. The molecule has 3 rings (SSSR count). The van der Waals surface area contributed by atoms with Crippen molar-refractivity contribution in [3.63, 3.8) is 0 Å². The highest BCUT2D eigenvalue weighted by Crippen LogP contribution is 2.28. The summed E-state index contributed by atoms with van der Waals surface area (Å²) < 4.78 is 43.4. The standard InChI is InChI=1S/C20H20BrNO7S/c1-27-18-7-6-14(12-19(18)30(25,26)22-8-10-28-11-9-22)20(24)29-13-17(23)15-4-2-3-5-16(15)21/h2-7,12H,8-11,13H2,1H3. The lowest BCUT2D eigenvalue weighted by molar-refractivity contribution is 0.0474. The van der Waals surface area contributed by atoms with E-state index in [-0.39, 0.29) is 35.1 Å². The summed E-state index contributed by atoms with van der Waals surface area (Å²) in [6, 6.07) is 10.8. The van der Waals surface area contributed by atoms with Gasteiger partial charge in [0, 0.05) is 23.1 Å². The van der Waals surface area contributed by atoms with E-state index in [1.54, 1.807) is 24.3 Å². The van der Waals surface area contributed by atoms with E-state index in [2.05, 4.69) is 15.9 Å². The van der Waals surface area contributed by atoms with Crippen LogP contribution in [0.25, 0.3) is 0 Å². The van der Waals surface area contributed by atoms with Crippen molar-refractivity contribution >= 4 is 37.7 Å². The predicted octanol–water partition coefficient (Wildman–Crippen LogP) is 2.52. The van der Waals surface area contributed by atoms with E-state index >= 15 is 0 Å². The first-order valence-corrected chi connectivity index (χ1v) is 11.3. The summed E-state index contributed by atoms with van der Waals surface area (Å²) in [6.45, 7) is 0.529. The second kappa shape index (κ2) is 9.69. The number of rotatable bonds is 7. The third kappa shape index (κ3) is 4.89. The average Bonchev–Trinajstić information content (AvgIpc) is 2.77. The lowest BCUT2D eigenvalue weighted by atomic mass is 10.1. The smallest absolute Gasteiger partial charge is 0.338 e. The van der Waals surface area contributed by atoms with Crippen molar-refractivity contribution in [2.45, 2.75) is 4.90 Å². The SMILES string of the molecule is COc1ccc(C(=O)OCC(=O)c2ccccc2Br)cc1S(=O)(=O)N1CCOCC1. The van der Waals surface area contributed by atoms with Gasteiger partial charge in [0.05, 0.1) is 25.9 Å². The number of nitrogens with zero attached hydrogens (tertiary/aromatic N) is 1. The lowest BCUT2D eigenvalue weighted by Crippen LogP contribution is -2.40. The number of halogens is 1. The molecule has 0 saturated carbocycles. The Bertz CT molecular complexity index is 1050. The molecule has 1 aliphatic heterocycles. The molecule has 1 saturated heterocycles. The Hall–Kier alpha value is -2.27. The van der Waals surface area contributed by atoms with E-state index in [0.717, 1.165) is 0 Å². The molecule has 0 bridgehead atoms. The van der Waals surface area contributed by atoms with Gasteiger partial charge in [-0.25, -0.2) is 13.2 Å². The van der Waals surface area contributed by atoms with Gasteiger partial charge in [0.15, 0.2) is 6.61 Å². The molecule has 160 valence electrons. The fraction of sp³-hybridized carbons (Fsp3) is 0.300. The summed E-state index contributed by atoms with van der Waals surface area (Å²) in [5, 5.41) is 0. The molecule has 8 nitrogen and oxygen atoms in total. The van der Waals surface area contributed by atoms with Crippen molar-refractivity contribution in [3.05, 3.63) is 58.1 Å². The number of benzene rings is 2. The van der Waals surface area contributed by atoms with E-state index in [1.807, 2.05) is 0 Å². The van der Waals surface area contributed by atoms with Crippen LogP contribution in [-0.4, -0.2) is 64.5 Å². The van der Waals surface area contributed by atoms with Crippen LogP contribution in [0.3, 0.4) is 0 Å². The van der Waals surface area contributed by atoms with Crippen molar-refractivity contribution < 1.29 is 32.2 Å². The minimum atomic E-state index is -3.89. The molecule has 30 heavy (non-hydrogen) atoms. The molecule has 0 aliphatic carbocycles. The number of morpholine rings is 1. The molecule has 0 spiro atoms. The van der Waals surface area contributed by atoms with Crippen molar-refractivity contribution in [1.29, 1.82) is 0 Å². The summed E-state index contributed by atoms with van der Waals surface area (Å²) in [5.41, 5.74) is 0.387. The highest BCUT2D eigenvalue weighted by atomic mass is 79.9. The molecule has 0 radical (unpaired) electrons. The third-order valence-electron chi connectivity index (χ3n) is 4.50. The molecule has 1 fully saturated rings. The van der Waals surface area contributed by atoms with Crippen LogP contribution in [0.15, 0.2) is 51.8 Å². The molecule has 10 heteroatoms. The molecular formula is C20H20BrNO7S. The normalized spacial score (nSPS) is 14.9. The van der Waals surface area contributed by atoms with E-state index in [0.29, 0.717) is 23.2 Å². The van der Waals surface area contributed by atoms with Gasteiger partial charge in [0.1, 0.15) is 10.6 Å². The summed E-state index contributed by atoms with van der Waals surface area (Å²) in [5.74, 6) is -1.08. The van der Waals surface area contributed by atoms with Gasteiger partial charge in [-0.1, -0.05) is 34.1 Å². The molecule has 0 amide bonds. The number of hydrogen-bond acceptors (Lipinski definition) is 7. The number of carbonyl (C=O) groups excluding carboxylic acids is 2. The first-order chi connectivity index (χ1) is 14.3. The number of esters is 1. The number of carbonyl (C=O) groups is 2. The number of ketones is 1. The van der Waals surface area contributed by atoms with Crippen molar-refractivity contribution in [2.75, 3.05) is 40.0 Å². The Balaban J connectivity index is 1.79. The number of sulfonamides is 1. The molecule has 1 aliphatic rings. The Labute approximate surface area is 182 Å². The molecule has 0 N–H and O–H groups in total. The quantitative estimate of drug-likeness (QED) is 0.427. The second-order valence-electron chi connectivity index (χ2n) is 6.36. The first kappa shape index (κ1) is 22.4. The minimum Gasteiger partial charge on any atom is -0.495 e. The first-order valence-electron chi connectivity index (χ1n) is 9.05. The maximum absolute atomic E-state index is 13.0. The third-order valence-corrected chi connectivity index (χ3v) is 7.11. The van der Waals surface area contributed by atoms with Crippen molar-refractivity contribution in [1.82, 2.24) is 4.31 Å². The van der Waals surface area contributed by atoms with Crippen LogP contribution >= 0.6 is 15.9 Å². The van der Waals surface area contributed by atoms with E-state index in [1.165, 1.54) is 29.6 Å². The number of methoxy groups -OCH3 is 1. The van der Waals surface area contributed by atoms with Gasteiger partial charge >= 0.3 is 5.97 Å². The summed E-state index contributed by atoms with van der Waals surface area (Å²) >= 11 is 3.28. The predicted molar refractivity (Wildman–Crippen MR) is 111 cm³/mol. The fourth-order valence-corrected chi connectivity index (χ4v) is 5.01. The second-order valence-corrected chi connectivity index (χ2v) is 9.12. The van der Waals surface area contributed by atoms with Gasteiger partial charge < -0.3 is 14.2 Å². The molecule has 1 heterocycles. The zero-order valence-corrected chi connectivity index (χ0v) is 18.6. The number of ether oxygens (including phenoxy) is 3. The number of hydrogen-bond donors (Lipinski definition) is 0. The maximum atomic E-state index is 13.0. The van der Waals surface area contributed by atoms with Gasteiger partial charge in [-0.3, -0.25) is 4.79 Å². The average molecular weight is 498 g/mol. The minimum absolute atomic E-state index is 0.00237. The maximum Gasteiger partial charge on any atom is 0.338 e. The van der Waals surface area contributed by atoms with Crippen LogP contribution in [0.4, 0.5) is 0 Å². The Kier molecular flexibility index (Phi) is 7.24. The van der Waals surface area contributed by atoms with Gasteiger partial charge in [0.25, 0.3) is 0 Å². The van der Waals surface area contributed by atoms with Crippen LogP contribution in [0.2, 0.25) is 0 Å². The summed E-state index contributed by atoms with van der Waals surface area (Å²) in [6.07, 6.45) is 0. The zero-order valence-electron chi connectivity index (χ0n) is 16.2. The van der Waals surface area contributed by atoms with Crippen LogP contribution in [0.1, 0.15) is 20.7 Å². The monoisotopic (exact) mass is 497 g/mol. The molecule has 2 aromatic rings. The highest BCUT2D eigenvalue weighted by Gasteiger charge is 2.30. The van der Waals surface area contributed by atoms with Gasteiger partial charge in [-0.15, -0.1) is 0 Å². The van der Waals surface area contributed by atoms with Gasteiger partial charge in [-0.2, -0.15) is 4.31 Å². The fourth-order valence-electron chi connectivity index (χ4n) is 2.91. The molecule has 0 atom stereocenters. The Morgan fingerprint density at radius 2 is 1.83 bits per heavy atom. The number of Topliss-reactive ketones (excluding diaryl/α,β-unsaturated/α-hetero) is 1. The van der Waals surface area contributed by atoms with Crippen LogP contribution in [-0.2, 0) is 19.5 Å².